The maximum absolute atomic E-state index is 11.2. The fraction of sp³-hybridized carbons (Fsp3) is 0.667. The molecule has 1 aromatic heterocycles. The van der Waals surface area contributed by atoms with Gasteiger partial charge in [-0.2, -0.15) is 0 Å². The highest BCUT2D eigenvalue weighted by Gasteiger charge is 2.31. The van der Waals surface area contributed by atoms with E-state index in [1.54, 1.807) is 11.3 Å². The minimum absolute atomic E-state index is 0.592. The number of rotatable bonds is 6. The van der Waals surface area contributed by atoms with E-state index in [2.05, 4.69) is 4.98 Å². The summed E-state index contributed by atoms with van der Waals surface area (Å²) in [5.74, 6) is -0.684. The van der Waals surface area contributed by atoms with E-state index >= 15 is 0 Å². The van der Waals surface area contributed by atoms with Crippen LogP contribution in [0, 0.1) is 12.3 Å². The summed E-state index contributed by atoms with van der Waals surface area (Å²) in [6.45, 7) is 5.85. The Kier molecular flexibility index (Phi) is 4.47. The Morgan fingerprint density at radius 3 is 2.69 bits per heavy atom. The van der Waals surface area contributed by atoms with Gasteiger partial charge in [0.05, 0.1) is 16.6 Å². The molecule has 0 aliphatic rings. The monoisotopic (exact) mass is 241 g/mol. The fourth-order valence-corrected chi connectivity index (χ4v) is 2.63. The molecule has 90 valence electrons. The lowest BCUT2D eigenvalue weighted by atomic mass is 9.81. The predicted octanol–water partition coefficient (Wildman–Crippen LogP) is 3.28. The number of carboxylic acids is 1. The molecule has 16 heavy (non-hydrogen) atoms. The molecule has 0 saturated heterocycles. The third kappa shape index (κ3) is 3.04. The molecule has 3 nitrogen and oxygen atoms in total. The average molecular weight is 241 g/mol. The number of aryl methyl sites for hydroxylation is 2. The second-order valence-electron chi connectivity index (χ2n) is 4.48. The third-order valence-electron chi connectivity index (χ3n) is 3.07. The van der Waals surface area contributed by atoms with E-state index in [1.807, 2.05) is 26.3 Å². The van der Waals surface area contributed by atoms with Gasteiger partial charge >= 0.3 is 5.97 Å². The van der Waals surface area contributed by atoms with E-state index in [-0.39, 0.29) is 0 Å². The van der Waals surface area contributed by atoms with Crippen molar-refractivity contribution in [3.05, 3.63) is 16.1 Å². The first-order chi connectivity index (χ1) is 7.49. The highest BCUT2D eigenvalue weighted by atomic mass is 32.1. The molecule has 1 rings (SSSR count). The van der Waals surface area contributed by atoms with Crippen molar-refractivity contribution in [2.75, 3.05) is 0 Å². The Morgan fingerprint density at radius 2 is 2.25 bits per heavy atom. The maximum atomic E-state index is 11.2. The number of hydrogen-bond acceptors (Lipinski definition) is 3. The van der Waals surface area contributed by atoms with Crippen LogP contribution in [0.2, 0.25) is 0 Å². The number of hydrogen-bond donors (Lipinski definition) is 1. The summed E-state index contributed by atoms with van der Waals surface area (Å²) in [5, 5.41) is 9.25. The van der Waals surface area contributed by atoms with E-state index in [1.165, 1.54) is 4.88 Å². The summed E-state index contributed by atoms with van der Waals surface area (Å²) in [6.07, 6.45) is 3.16. The van der Waals surface area contributed by atoms with Crippen molar-refractivity contribution < 1.29 is 9.90 Å². The summed E-state index contributed by atoms with van der Waals surface area (Å²) in [7, 11) is 0. The van der Waals surface area contributed by atoms with E-state index in [0.717, 1.165) is 25.0 Å². The first-order valence-corrected chi connectivity index (χ1v) is 6.50. The molecule has 0 aliphatic heterocycles. The average Bonchev–Trinajstić information content (AvgIpc) is 2.61. The Balaban J connectivity index is 2.64. The van der Waals surface area contributed by atoms with E-state index < -0.39 is 11.4 Å². The van der Waals surface area contributed by atoms with Gasteiger partial charge in [0.2, 0.25) is 0 Å². The van der Waals surface area contributed by atoms with Crippen LogP contribution < -0.4 is 0 Å². The summed E-state index contributed by atoms with van der Waals surface area (Å²) in [4.78, 5) is 16.6. The Morgan fingerprint density at radius 1 is 1.56 bits per heavy atom. The standard InChI is InChI=1S/C12H19NO2S/c1-4-6-12(3,11(14)15)7-5-10-9(2)13-8-16-10/h8H,4-7H2,1-3H3,(H,14,15). The van der Waals surface area contributed by atoms with Crippen molar-refractivity contribution >= 4 is 17.3 Å². The van der Waals surface area contributed by atoms with Gasteiger partial charge in [0.15, 0.2) is 0 Å². The van der Waals surface area contributed by atoms with Gasteiger partial charge in [-0.15, -0.1) is 11.3 Å². The molecule has 0 spiro atoms. The topological polar surface area (TPSA) is 50.2 Å². The highest BCUT2D eigenvalue weighted by Crippen LogP contribution is 2.30. The zero-order chi connectivity index (χ0) is 12.2. The van der Waals surface area contributed by atoms with Gasteiger partial charge in [0, 0.05) is 4.88 Å². The van der Waals surface area contributed by atoms with E-state index in [9.17, 15) is 9.90 Å². The Labute approximate surface area is 101 Å². The number of aromatic nitrogens is 1. The molecule has 0 aromatic carbocycles. The SMILES string of the molecule is CCCC(C)(CCc1scnc1C)C(=O)O. The van der Waals surface area contributed by atoms with Crippen LogP contribution in [0.5, 0.6) is 0 Å². The summed E-state index contributed by atoms with van der Waals surface area (Å²) in [6, 6.07) is 0. The second kappa shape index (κ2) is 5.43. The van der Waals surface area contributed by atoms with E-state index in [0.29, 0.717) is 6.42 Å². The van der Waals surface area contributed by atoms with Gasteiger partial charge in [-0.1, -0.05) is 13.3 Å². The number of nitrogens with zero attached hydrogens (tertiary/aromatic N) is 1. The molecule has 0 fully saturated rings. The second-order valence-corrected chi connectivity index (χ2v) is 5.42. The van der Waals surface area contributed by atoms with Crippen LogP contribution in [0.4, 0.5) is 0 Å². The first kappa shape index (κ1) is 13.2. The third-order valence-corrected chi connectivity index (χ3v) is 4.06. The largest absolute Gasteiger partial charge is 0.481 e. The molecule has 1 unspecified atom stereocenters. The molecule has 0 radical (unpaired) electrons. The van der Waals surface area contributed by atoms with Gasteiger partial charge in [0.1, 0.15) is 0 Å². The Bertz CT molecular complexity index is 362. The normalized spacial score (nSPS) is 14.7. The quantitative estimate of drug-likeness (QED) is 0.831. The molecule has 0 aliphatic carbocycles. The van der Waals surface area contributed by atoms with Gasteiger partial charge in [-0.25, -0.2) is 4.98 Å². The van der Waals surface area contributed by atoms with Crippen LogP contribution in [0.1, 0.15) is 43.7 Å². The molecule has 1 heterocycles. The predicted molar refractivity (Wildman–Crippen MR) is 65.8 cm³/mol. The number of carbonyl (C=O) groups is 1. The van der Waals surface area contributed by atoms with Crippen LogP contribution in [0.15, 0.2) is 5.51 Å². The first-order valence-electron chi connectivity index (χ1n) is 5.62. The molecule has 0 saturated carbocycles. The highest BCUT2D eigenvalue weighted by molar-refractivity contribution is 7.09. The number of aliphatic carboxylic acids is 1. The number of thiazole rings is 1. The molecule has 4 heteroatoms. The van der Waals surface area contributed by atoms with Crippen molar-refractivity contribution in [3.63, 3.8) is 0 Å². The minimum atomic E-state index is -0.684. The molecule has 1 N–H and O–H groups in total. The van der Waals surface area contributed by atoms with Crippen molar-refractivity contribution in [3.8, 4) is 0 Å². The molecular formula is C12H19NO2S. The zero-order valence-electron chi connectivity index (χ0n) is 10.1. The van der Waals surface area contributed by atoms with Crippen molar-refractivity contribution in [2.24, 2.45) is 5.41 Å². The van der Waals surface area contributed by atoms with Crippen LogP contribution in [0.3, 0.4) is 0 Å². The summed E-state index contributed by atoms with van der Waals surface area (Å²) in [5.41, 5.74) is 2.27. The smallest absolute Gasteiger partial charge is 0.309 e. The van der Waals surface area contributed by atoms with E-state index in [4.69, 9.17) is 0 Å². The Hall–Kier alpha value is -0.900. The van der Waals surface area contributed by atoms with Gasteiger partial charge in [-0.05, 0) is 33.1 Å². The lowest BCUT2D eigenvalue weighted by Crippen LogP contribution is -2.28. The van der Waals surface area contributed by atoms with Crippen LogP contribution in [-0.2, 0) is 11.2 Å². The van der Waals surface area contributed by atoms with Crippen LogP contribution >= 0.6 is 11.3 Å². The van der Waals surface area contributed by atoms with Crippen molar-refractivity contribution in [1.29, 1.82) is 0 Å². The van der Waals surface area contributed by atoms with Crippen LogP contribution in [0.25, 0.3) is 0 Å². The maximum Gasteiger partial charge on any atom is 0.309 e. The summed E-state index contributed by atoms with van der Waals surface area (Å²) < 4.78 is 0. The fourth-order valence-electron chi connectivity index (χ4n) is 1.85. The van der Waals surface area contributed by atoms with Crippen molar-refractivity contribution in [2.45, 2.75) is 46.5 Å². The summed E-state index contributed by atoms with van der Waals surface area (Å²) >= 11 is 1.62. The minimum Gasteiger partial charge on any atom is -0.481 e. The zero-order valence-corrected chi connectivity index (χ0v) is 10.9. The molecule has 0 bridgehead atoms. The molecule has 1 atom stereocenters. The molecule has 1 aromatic rings. The lowest BCUT2D eigenvalue weighted by Gasteiger charge is -2.23. The van der Waals surface area contributed by atoms with Crippen LogP contribution in [-0.4, -0.2) is 16.1 Å². The van der Waals surface area contributed by atoms with Gasteiger partial charge in [-0.3, -0.25) is 4.79 Å². The van der Waals surface area contributed by atoms with Gasteiger partial charge in [0.25, 0.3) is 0 Å². The molecular weight excluding hydrogens is 222 g/mol. The number of carboxylic acid groups (broad SMARTS) is 1. The van der Waals surface area contributed by atoms with Gasteiger partial charge < -0.3 is 5.11 Å². The van der Waals surface area contributed by atoms with Crippen molar-refractivity contribution in [1.82, 2.24) is 4.98 Å². The molecule has 0 amide bonds. The lowest BCUT2D eigenvalue weighted by molar-refractivity contribution is -0.148.